The number of hydrogen-bond acceptors (Lipinski definition) is 1. The van der Waals surface area contributed by atoms with Gasteiger partial charge < -0.3 is 4.74 Å². The number of halogens is 3. The Morgan fingerprint density at radius 2 is 1.45 bits per heavy atom. The van der Waals surface area contributed by atoms with E-state index in [9.17, 15) is 8.78 Å². The van der Waals surface area contributed by atoms with Crippen molar-refractivity contribution in [1.82, 2.24) is 0 Å². The van der Waals surface area contributed by atoms with Crippen molar-refractivity contribution in [2.75, 3.05) is 0 Å². The molecule has 0 saturated heterocycles. The number of rotatable bonds is 7. The molecule has 4 rings (SSSR count). The fourth-order valence-electron chi connectivity index (χ4n) is 6.50. The molecule has 2 aliphatic rings. The lowest BCUT2D eigenvalue weighted by molar-refractivity contribution is 0.156. The fourth-order valence-corrected chi connectivity index (χ4v) is 6.50. The van der Waals surface area contributed by atoms with E-state index < -0.39 is 11.6 Å². The minimum Gasteiger partial charge on any atom is -0.403 e. The van der Waals surface area contributed by atoms with Gasteiger partial charge >= 0.3 is 0 Å². The Morgan fingerprint density at radius 3 is 2.12 bits per heavy atom. The van der Waals surface area contributed by atoms with Gasteiger partial charge in [0, 0.05) is 23.3 Å². The van der Waals surface area contributed by atoms with Crippen LogP contribution in [0.25, 0.3) is 11.1 Å². The van der Waals surface area contributed by atoms with E-state index in [0.717, 1.165) is 43.4 Å². The number of benzene rings is 2. The van der Waals surface area contributed by atoms with Crippen LogP contribution < -0.4 is 4.74 Å². The quantitative estimate of drug-likeness (QED) is 0.240. The Morgan fingerprint density at radius 1 is 0.786 bits per heavy atom. The van der Waals surface area contributed by atoms with Gasteiger partial charge in [-0.2, -0.15) is 4.39 Å². The minimum atomic E-state index is -1.19. The van der Waals surface area contributed by atoms with Crippen LogP contribution in [0.1, 0.15) is 89.5 Å². The fraction of sp³-hybridized carbons (Fsp3) is 0.421. The molecule has 0 bridgehead atoms. The molecule has 1 nitrogen and oxygen atoms in total. The third kappa shape index (κ3) is 8.28. The van der Waals surface area contributed by atoms with Crippen molar-refractivity contribution < 1.29 is 17.9 Å². The lowest BCUT2D eigenvalue weighted by Gasteiger charge is -2.38. The molecule has 0 aliphatic heterocycles. The standard InChI is InChI=1S/C38H37F3O/c1-3-5-7-8-9-10-12-26-42-36-25-24-34(37(40)38(36)41)32-22-23-33(35(39)27-32)31-20-18-30(19-21-31)29-16-14-28(15-17-29)13-11-6-4-2/h4,6,22-25,27-31H,11,13-21H2,1-2H3/b6-4+. The van der Waals surface area contributed by atoms with E-state index in [1.807, 2.05) is 0 Å². The largest absolute Gasteiger partial charge is 0.403 e. The Kier molecular flexibility index (Phi) is 11.7. The molecule has 0 spiro atoms. The van der Waals surface area contributed by atoms with Gasteiger partial charge in [-0.15, -0.1) is 0 Å². The van der Waals surface area contributed by atoms with Crippen molar-refractivity contribution in [3.8, 4) is 64.4 Å². The average Bonchev–Trinajstić information content (AvgIpc) is 3.01. The van der Waals surface area contributed by atoms with Gasteiger partial charge in [0.25, 0.3) is 0 Å². The summed E-state index contributed by atoms with van der Waals surface area (Å²) in [5.74, 6) is 16.9. The highest BCUT2D eigenvalue weighted by atomic mass is 19.2. The van der Waals surface area contributed by atoms with Crippen molar-refractivity contribution in [3.05, 3.63) is 65.5 Å². The molecular weight excluding hydrogens is 529 g/mol. The Hall–Kier alpha value is -3.99. The highest BCUT2D eigenvalue weighted by Gasteiger charge is 2.32. The van der Waals surface area contributed by atoms with Crippen molar-refractivity contribution in [2.24, 2.45) is 17.8 Å². The van der Waals surface area contributed by atoms with Crippen LogP contribution in [0.4, 0.5) is 13.2 Å². The molecule has 2 aromatic carbocycles. The molecule has 0 radical (unpaired) electrons. The molecule has 0 amide bonds. The lowest BCUT2D eigenvalue weighted by atomic mass is 9.68. The monoisotopic (exact) mass is 566 g/mol. The smallest absolute Gasteiger partial charge is 0.203 e. The molecule has 2 aliphatic carbocycles. The molecule has 0 N–H and O–H groups in total. The second-order valence-electron chi connectivity index (χ2n) is 11.2. The van der Waals surface area contributed by atoms with Crippen LogP contribution in [0.2, 0.25) is 0 Å². The summed E-state index contributed by atoms with van der Waals surface area (Å²) in [6.45, 7) is 3.74. The van der Waals surface area contributed by atoms with E-state index in [0.29, 0.717) is 5.56 Å². The van der Waals surface area contributed by atoms with Crippen LogP contribution in [-0.4, -0.2) is 0 Å². The summed E-state index contributed by atoms with van der Waals surface area (Å²) in [7, 11) is 0. The zero-order valence-electron chi connectivity index (χ0n) is 24.5. The molecule has 2 aromatic rings. The maximum Gasteiger partial charge on any atom is 0.203 e. The second-order valence-corrected chi connectivity index (χ2v) is 11.2. The molecule has 216 valence electrons. The van der Waals surface area contributed by atoms with Crippen molar-refractivity contribution in [1.29, 1.82) is 0 Å². The normalized spacial score (nSPS) is 21.5. The first-order chi connectivity index (χ1) is 20.5. The minimum absolute atomic E-state index is 0.0321. The molecule has 0 aromatic heterocycles. The topological polar surface area (TPSA) is 9.23 Å². The summed E-state index contributed by atoms with van der Waals surface area (Å²) in [4.78, 5) is 0. The SMILES string of the molecule is CC#CC#CC#CC#COc1ccc(-c2ccc(C3CCC(C4CCC(CC/C=C/C)CC4)CC3)c(F)c2)c(F)c1F. The molecule has 0 unspecified atom stereocenters. The highest BCUT2D eigenvalue weighted by molar-refractivity contribution is 5.66. The molecule has 0 atom stereocenters. The van der Waals surface area contributed by atoms with Gasteiger partial charge in [0.05, 0.1) is 0 Å². The highest BCUT2D eigenvalue weighted by Crippen LogP contribution is 2.45. The predicted octanol–water partition coefficient (Wildman–Crippen LogP) is 9.58. The maximum absolute atomic E-state index is 15.3. The summed E-state index contributed by atoms with van der Waals surface area (Å²) < 4.78 is 49.9. The van der Waals surface area contributed by atoms with Crippen LogP contribution in [-0.2, 0) is 0 Å². The van der Waals surface area contributed by atoms with E-state index in [-0.39, 0.29) is 28.6 Å². The number of hydrogen-bond donors (Lipinski definition) is 0. The molecule has 42 heavy (non-hydrogen) atoms. The average molecular weight is 567 g/mol. The number of allylic oxidation sites excluding steroid dienone is 2. The van der Waals surface area contributed by atoms with Gasteiger partial charge in [0.15, 0.2) is 11.6 Å². The molecule has 2 saturated carbocycles. The zero-order chi connectivity index (χ0) is 29.7. The van der Waals surface area contributed by atoms with Crippen LogP contribution in [0.15, 0.2) is 42.5 Å². The van der Waals surface area contributed by atoms with Gasteiger partial charge in [-0.3, -0.25) is 0 Å². The van der Waals surface area contributed by atoms with E-state index in [1.165, 1.54) is 56.7 Å². The Bertz CT molecular complexity index is 1510. The van der Waals surface area contributed by atoms with Crippen molar-refractivity contribution >= 4 is 0 Å². The molecule has 0 heterocycles. The van der Waals surface area contributed by atoms with E-state index in [2.05, 4.69) is 66.6 Å². The first-order valence-electron chi connectivity index (χ1n) is 15.0. The predicted molar refractivity (Wildman–Crippen MR) is 163 cm³/mol. The van der Waals surface area contributed by atoms with Crippen LogP contribution in [0, 0.1) is 82.8 Å². The third-order valence-corrected chi connectivity index (χ3v) is 8.75. The summed E-state index contributed by atoms with van der Waals surface area (Å²) in [6.07, 6.45) is 18.7. The van der Waals surface area contributed by atoms with Gasteiger partial charge in [-0.1, -0.05) is 43.0 Å². The summed E-state index contributed by atoms with van der Waals surface area (Å²) in [5, 5.41) is 0. The van der Waals surface area contributed by atoms with E-state index in [1.54, 1.807) is 19.1 Å². The second kappa shape index (κ2) is 15.9. The van der Waals surface area contributed by atoms with Crippen LogP contribution in [0.5, 0.6) is 5.75 Å². The van der Waals surface area contributed by atoms with Crippen LogP contribution in [0.3, 0.4) is 0 Å². The first kappa shape index (κ1) is 31.0. The van der Waals surface area contributed by atoms with Crippen molar-refractivity contribution in [2.45, 2.75) is 84.0 Å². The Labute approximate surface area is 249 Å². The Balaban J connectivity index is 1.33. The van der Waals surface area contributed by atoms with Gasteiger partial charge in [0.2, 0.25) is 5.82 Å². The van der Waals surface area contributed by atoms with Crippen molar-refractivity contribution in [3.63, 3.8) is 0 Å². The lowest BCUT2D eigenvalue weighted by Crippen LogP contribution is -2.25. The maximum atomic E-state index is 15.3. The van der Waals surface area contributed by atoms with Gasteiger partial charge in [-0.25, -0.2) is 8.78 Å². The molecule has 4 heteroatoms. The zero-order valence-corrected chi connectivity index (χ0v) is 24.5. The van der Waals surface area contributed by atoms with E-state index in [4.69, 9.17) is 4.74 Å². The summed E-state index contributed by atoms with van der Waals surface area (Å²) in [6, 6.07) is 7.37. The van der Waals surface area contributed by atoms with Gasteiger partial charge in [0.1, 0.15) is 11.9 Å². The number of ether oxygens (including phenoxy) is 1. The third-order valence-electron chi connectivity index (χ3n) is 8.75. The van der Waals surface area contributed by atoms with Gasteiger partial charge in [-0.05, 0) is 136 Å². The summed E-state index contributed by atoms with van der Waals surface area (Å²) in [5.41, 5.74) is 0.925. The first-order valence-corrected chi connectivity index (χ1v) is 15.0. The molecular formula is C38H37F3O. The molecule has 2 fully saturated rings. The van der Waals surface area contributed by atoms with Crippen LogP contribution >= 0.6 is 0 Å². The summed E-state index contributed by atoms with van der Waals surface area (Å²) >= 11 is 0. The van der Waals surface area contributed by atoms with E-state index >= 15 is 4.39 Å².